The number of nitrogens with zero attached hydrogens (tertiary/aromatic N) is 1. The normalized spacial score (nSPS) is 9.76. The topological polar surface area (TPSA) is 84.3 Å². The number of urea groups is 1. The summed E-state index contributed by atoms with van der Waals surface area (Å²) >= 11 is 0. The highest BCUT2D eigenvalue weighted by Gasteiger charge is 2.11. The quantitative estimate of drug-likeness (QED) is 0.623. The van der Waals surface area contributed by atoms with Gasteiger partial charge in [0.1, 0.15) is 0 Å². The monoisotopic (exact) mass is 237 g/mol. The number of aryl methyl sites for hydroxylation is 1. The minimum Gasteiger partial charge on any atom is -0.338 e. The molecule has 0 bridgehead atoms. The summed E-state index contributed by atoms with van der Waals surface area (Å²) in [5.41, 5.74) is 0.976. The van der Waals surface area contributed by atoms with Crippen LogP contribution in [-0.2, 0) is 0 Å². The number of anilines is 1. The number of nitro groups is 1. The van der Waals surface area contributed by atoms with Gasteiger partial charge in [-0.2, -0.15) is 0 Å². The van der Waals surface area contributed by atoms with Crippen molar-refractivity contribution < 1.29 is 9.72 Å². The lowest BCUT2D eigenvalue weighted by Crippen LogP contribution is -2.29. The van der Waals surface area contributed by atoms with Crippen molar-refractivity contribution in [2.24, 2.45) is 0 Å². The Kier molecular flexibility index (Phi) is 4.45. The van der Waals surface area contributed by atoms with E-state index in [0.717, 1.165) is 6.42 Å². The zero-order valence-electron chi connectivity index (χ0n) is 9.82. The minimum atomic E-state index is -0.468. The number of benzene rings is 1. The standard InChI is InChI=1S/C11H15N3O3/c1-3-6-12-11(15)13-9-5-4-8(2)10(7-9)14(16)17/h4-5,7H,3,6H2,1-2H3,(H2,12,13,15). The van der Waals surface area contributed by atoms with E-state index in [1.165, 1.54) is 6.07 Å². The van der Waals surface area contributed by atoms with Crippen molar-refractivity contribution in [2.75, 3.05) is 11.9 Å². The van der Waals surface area contributed by atoms with Crippen molar-refractivity contribution in [1.82, 2.24) is 5.32 Å². The molecule has 0 radical (unpaired) electrons. The van der Waals surface area contributed by atoms with Gasteiger partial charge >= 0.3 is 6.03 Å². The zero-order valence-corrected chi connectivity index (χ0v) is 9.82. The molecule has 2 N–H and O–H groups in total. The van der Waals surface area contributed by atoms with E-state index in [1.807, 2.05) is 6.92 Å². The fourth-order valence-electron chi connectivity index (χ4n) is 1.30. The molecular weight excluding hydrogens is 222 g/mol. The molecule has 0 unspecified atom stereocenters. The third kappa shape index (κ3) is 3.75. The molecule has 0 saturated carbocycles. The predicted octanol–water partition coefficient (Wildman–Crippen LogP) is 2.43. The number of carbonyl (C=O) groups excluding carboxylic acids is 1. The van der Waals surface area contributed by atoms with Crippen LogP contribution in [0.4, 0.5) is 16.2 Å². The van der Waals surface area contributed by atoms with Crippen LogP contribution < -0.4 is 10.6 Å². The van der Waals surface area contributed by atoms with E-state index in [-0.39, 0.29) is 11.7 Å². The Morgan fingerprint density at radius 1 is 1.47 bits per heavy atom. The fraction of sp³-hybridized carbons (Fsp3) is 0.364. The molecule has 1 aromatic rings. The Morgan fingerprint density at radius 2 is 2.18 bits per heavy atom. The molecule has 17 heavy (non-hydrogen) atoms. The number of amides is 2. The third-order valence-electron chi connectivity index (χ3n) is 2.20. The van der Waals surface area contributed by atoms with Crippen molar-refractivity contribution in [3.8, 4) is 0 Å². The van der Waals surface area contributed by atoms with Crippen molar-refractivity contribution in [3.63, 3.8) is 0 Å². The maximum Gasteiger partial charge on any atom is 0.319 e. The average Bonchev–Trinajstić information content (AvgIpc) is 2.28. The number of carbonyl (C=O) groups is 1. The van der Waals surface area contributed by atoms with Crippen LogP contribution in [-0.4, -0.2) is 17.5 Å². The molecule has 1 rings (SSSR count). The van der Waals surface area contributed by atoms with Crippen molar-refractivity contribution in [3.05, 3.63) is 33.9 Å². The summed E-state index contributed by atoms with van der Waals surface area (Å²) < 4.78 is 0. The number of hydrogen-bond donors (Lipinski definition) is 2. The van der Waals surface area contributed by atoms with Gasteiger partial charge in [-0.05, 0) is 19.4 Å². The summed E-state index contributed by atoms with van der Waals surface area (Å²) in [4.78, 5) is 21.6. The minimum absolute atomic E-state index is 0.00158. The van der Waals surface area contributed by atoms with Crippen molar-refractivity contribution in [2.45, 2.75) is 20.3 Å². The van der Waals surface area contributed by atoms with E-state index in [0.29, 0.717) is 17.8 Å². The number of rotatable bonds is 4. The maximum atomic E-state index is 11.3. The summed E-state index contributed by atoms with van der Waals surface area (Å²) in [6.07, 6.45) is 0.835. The summed E-state index contributed by atoms with van der Waals surface area (Å²) in [5, 5.41) is 15.9. The Balaban J connectivity index is 2.75. The Hall–Kier alpha value is -2.11. The lowest BCUT2D eigenvalue weighted by atomic mass is 10.2. The van der Waals surface area contributed by atoms with Crippen LogP contribution >= 0.6 is 0 Å². The van der Waals surface area contributed by atoms with Crippen LogP contribution in [0.3, 0.4) is 0 Å². The maximum absolute atomic E-state index is 11.3. The first kappa shape index (κ1) is 13.0. The molecule has 0 heterocycles. The number of hydrogen-bond acceptors (Lipinski definition) is 3. The highest BCUT2D eigenvalue weighted by molar-refractivity contribution is 5.89. The fourth-order valence-corrected chi connectivity index (χ4v) is 1.30. The first-order valence-corrected chi connectivity index (χ1v) is 5.34. The van der Waals surface area contributed by atoms with E-state index in [9.17, 15) is 14.9 Å². The van der Waals surface area contributed by atoms with Crippen LogP contribution in [0.1, 0.15) is 18.9 Å². The molecule has 0 spiro atoms. The summed E-state index contributed by atoms with van der Waals surface area (Å²) in [5.74, 6) is 0. The van der Waals surface area contributed by atoms with Gasteiger partial charge in [-0.15, -0.1) is 0 Å². The molecule has 2 amide bonds. The van der Waals surface area contributed by atoms with E-state index < -0.39 is 4.92 Å². The van der Waals surface area contributed by atoms with Gasteiger partial charge in [0.25, 0.3) is 5.69 Å². The molecule has 0 aliphatic heterocycles. The summed E-state index contributed by atoms with van der Waals surface area (Å²) in [7, 11) is 0. The second kappa shape index (κ2) is 5.83. The number of nitro benzene ring substituents is 1. The summed E-state index contributed by atoms with van der Waals surface area (Å²) in [6, 6.07) is 4.23. The van der Waals surface area contributed by atoms with E-state index in [4.69, 9.17) is 0 Å². The van der Waals surface area contributed by atoms with Gasteiger partial charge in [0.05, 0.1) is 4.92 Å². The molecule has 0 fully saturated rings. The van der Waals surface area contributed by atoms with Crippen molar-refractivity contribution >= 4 is 17.4 Å². The summed E-state index contributed by atoms with van der Waals surface area (Å²) in [6.45, 7) is 4.16. The van der Waals surface area contributed by atoms with Gasteiger partial charge in [-0.1, -0.05) is 13.0 Å². The highest BCUT2D eigenvalue weighted by atomic mass is 16.6. The zero-order chi connectivity index (χ0) is 12.8. The lowest BCUT2D eigenvalue weighted by Gasteiger charge is -2.07. The Bertz CT molecular complexity index is 432. The SMILES string of the molecule is CCCNC(=O)Nc1ccc(C)c([N+](=O)[O-])c1. The van der Waals surface area contributed by atoms with Crippen LogP contribution in [0.15, 0.2) is 18.2 Å². The third-order valence-corrected chi connectivity index (χ3v) is 2.20. The Morgan fingerprint density at radius 3 is 2.76 bits per heavy atom. The first-order valence-electron chi connectivity index (χ1n) is 5.34. The van der Waals surface area contributed by atoms with Crippen LogP contribution in [0.2, 0.25) is 0 Å². The molecule has 0 aliphatic carbocycles. The van der Waals surface area contributed by atoms with Gasteiger partial charge in [0.2, 0.25) is 0 Å². The highest BCUT2D eigenvalue weighted by Crippen LogP contribution is 2.22. The number of nitrogens with one attached hydrogen (secondary N) is 2. The second-order valence-corrected chi connectivity index (χ2v) is 3.64. The largest absolute Gasteiger partial charge is 0.338 e. The molecule has 0 saturated heterocycles. The first-order chi connectivity index (χ1) is 8.04. The molecular formula is C11H15N3O3. The van der Waals surface area contributed by atoms with Gasteiger partial charge in [0, 0.05) is 23.9 Å². The van der Waals surface area contributed by atoms with E-state index >= 15 is 0 Å². The van der Waals surface area contributed by atoms with E-state index in [1.54, 1.807) is 19.1 Å². The predicted molar refractivity (Wildman–Crippen MR) is 65.1 cm³/mol. The Labute approximate surface area is 99.2 Å². The average molecular weight is 237 g/mol. The molecule has 0 atom stereocenters. The van der Waals surface area contributed by atoms with Crippen LogP contribution in [0.5, 0.6) is 0 Å². The second-order valence-electron chi connectivity index (χ2n) is 3.64. The van der Waals surface area contributed by atoms with Gasteiger partial charge in [-0.25, -0.2) is 4.79 Å². The molecule has 6 nitrogen and oxygen atoms in total. The van der Waals surface area contributed by atoms with E-state index in [2.05, 4.69) is 10.6 Å². The lowest BCUT2D eigenvalue weighted by molar-refractivity contribution is -0.385. The smallest absolute Gasteiger partial charge is 0.319 e. The van der Waals surface area contributed by atoms with Crippen LogP contribution in [0.25, 0.3) is 0 Å². The molecule has 1 aromatic carbocycles. The van der Waals surface area contributed by atoms with Crippen LogP contribution in [0, 0.1) is 17.0 Å². The van der Waals surface area contributed by atoms with Gasteiger partial charge in [0.15, 0.2) is 0 Å². The molecule has 0 aliphatic rings. The van der Waals surface area contributed by atoms with Gasteiger partial charge < -0.3 is 10.6 Å². The van der Waals surface area contributed by atoms with Crippen molar-refractivity contribution in [1.29, 1.82) is 0 Å². The molecule has 92 valence electrons. The molecule has 6 heteroatoms. The van der Waals surface area contributed by atoms with Gasteiger partial charge in [-0.3, -0.25) is 10.1 Å². The molecule has 0 aromatic heterocycles.